The molecule has 0 radical (unpaired) electrons. The van der Waals surface area contributed by atoms with E-state index in [0.717, 1.165) is 48.0 Å². The van der Waals surface area contributed by atoms with Gasteiger partial charge in [0, 0.05) is 34.8 Å². The lowest BCUT2D eigenvalue weighted by Crippen LogP contribution is -2.35. The number of piperidine rings is 1. The number of rotatable bonds is 5. The Kier molecular flexibility index (Phi) is 5.53. The molecule has 33 heavy (non-hydrogen) atoms. The quantitative estimate of drug-likeness (QED) is 0.410. The lowest BCUT2D eigenvalue weighted by atomic mass is 9.49. The minimum atomic E-state index is -0.346. The van der Waals surface area contributed by atoms with Crippen molar-refractivity contribution < 1.29 is 9.21 Å². The SMILES string of the molecule is BC(B)(B)n1cc(-c2cnc3cnc(NC(=O)c4coc(C5CCNCC5)n4)cc3c2)cn1. The Morgan fingerprint density at radius 2 is 1.94 bits per heavy atom. The Morgan fingerprint density at radius 3 is 2.70 bits per heavy atom. The van der Waals surface area contributed by atoms with Gasteiger partial charge in [-0.3, -0.25) is 14.5 Å². The van der Waals surface area contributed by atoms with Gasteiger partial charge in [-0.05, 0) is 43.3 Å². The molecular weight excluding hydrogens is 415 g/mol. The smallest absolute Gasteiger partial charge is 0.278 e. The van der Waals surface area contributed by atoms with Crippen LogP contribution in [0.3, 0.4) is 0 Å². The summed E-state index contributed by atoms with van der Waals surface area (Å²) in [5.74, 6) is 0.959. The van der Waals surface area contributed by atoms with Gasteiger partial charge in [0.2, 0.25) is 0 Å². The number of anilines is 1. The molecule has 0 atom stereocenters. The van der Waals surface area contributed by atoms with Crippen LogP contribution >= 0.6 is 0 Å². The number of pyridine rings is 2. The van der Waals surface area contributed by atoms with Crippen molar-refractivity contribution in [3.8, 4) is 11.1 Å². The van der Waals surface area contributed by atoms with Gasteiger partial charge in [0.15, 0.2) is 11.6 Å². The van der Waals surface area contributed by atoms with Gasteiger partial charge in [-0.1, -0.05) is 0 Å². The van der Waals surface area contributed by atoms with Gasteiger partial charge in [0.05, 0.1) is 17.9 Å². The minimum absolute atomic E-state index is 0.0985. The molecule has 1 amide bonds. The first kappa shape index (κ1) is 21.5. The van der Waals surface area contributed by atoms with Gasteiger partial charge in [-0.15, -0.1) is 0 Å². The third-order valence-corrected chi connectivity index (χ3v) is 5.86. The van der Waals surface area contributed by atoms with Gasteiger partial charge in [0.1, 0.15) is 35.6 Å². The van der Waals surface area contributed by atoms with E-state index in [-0.39, 0.29) is 22.8 Å². The second-order valence-corrected chi connectivity index (χ2v) is 9.38. The molecular formula is C21H24B3N7O2. The molecule has 1 saturated heterocycles. The number of nitrogens with zero attached hydrogens (tertiary/aromatic N) is 5. The van der Waals surface area contributed by atoms with Crippen LogP contribution in [0.5, 0.6) is 0 Å². The van der Waals surface area contributed by atoms with E-state index < -0.39 is 0 Å². The zero-order valence-electron chi connectivity index (χ0n) is 19.0. The third-order valence-electron chi connectivity index (χ3n) is 5.86. The van der Waals surface area contributed by atoms with E-state index in [4.69, 9.17) is 4.42 Å². The summed E-state index contributed by atoms with van der Waals surface area (Å²) in [6.45, 7) is 1.87. The average molecular weight is 439 g/mol. The summed E-state index contributed by atoms with van der Waals surface area (Å²) >= 11 is 0. The third kappa shape index (κ3) is 4.56. The van der Waals surface area contributed by atoms with Crippen LogP contribution in [0.2, 0.25) is 0 Å². The van der Waals surface area contributed by atoms with Crippen LogP contribution in [0.1, 0.15) is 35.1 Å². The second-order valence-electron chi connectivity index (χ2n) is 9.38. The molecule has 0 spiro atoms. The summed E-state index contributed by atoms with van der Waals surface area (Å²) in [5.41, 5.74) is 2.93. The molecule has 9 nitrogen and oxygen atoms in total. The van der Waals surface area contributed by atoms with Crippen molar-refractivity contribution >= 4 is 46.2 Å². The average Bonchev–Trinajstić information content (AvgIpc) is 3.49. The van der Waals surface area contributed by atoms with E-state index in [2.05, 4.69) is 54.2 Å². The first-order valence-corrected chi connectivity index (χ1v) is 11.2. The molecule has 1 fully saturated rings. The topological polar surface area (TPSA) is 111 Å². The van der Waals surface area contributed by atoms with E-state index in [1.54, 1.807) is 6.20 Å². The van der Waals surface area contributed by atoms with Crippen molar-refractivity contribution in [2.24, 2.45) is 0 Å². The molecule has 164 valence electrons. The predicted octanol–water partition coefficient (Wildman–Crippen LogP) is -0.332. The summed E-state index contributed by atoms with van der Waals surface area (Å²) in [6.07, 6.45) is 10.6. The first-order chi connectivity index (χ1) is 15.9. The van der Waals surface area contributed by atoms with E-state index in [1.807, 2.05) is 35.4 Å². The molecule has 0 aromatic carbocycles. The predicted molar refractivity (Wildman–Crippen MR) is 134 cm³/mol. The number of carbonyl (C=O) groups excluding carboxylic acids is 1. The maximum absolute atomic E-state index is 12.7. The van der Waals surface area contributed by atoms with Gasteiger partial charge in [-0.2, -0.15) is 5.10 Å². The number of amides is 1. The number of hydrogen-bond donors (Lipinski definition) is 2. The van der Waals surface area contributed by atoms with E-state index >= 15 is 0 Å². The van der Waals surface area contributed by atoms with Crippen LogP contribution in [0, 0.1) is 0 Å². The molecule has 0 unspecified atom stereocenters. The summed E-state index contributed by atoms with van der Waals surface area (Å²) in [5, 5.41) is 11.4. The van der Waals surface area contributed by atoms with Crippen LogP contribution in [0.25, 0.3) is 22.0 Å². The summed E-state index contributed by atoms with van der Waals surface area (Å²) in [4.78, 5) is 26.0. The fraction of sp³-hybridized carbons (Fsp3) is 0.286. The molecule has 1 aliphatic heterocycles. The molecule has 2 N–H and O–H groups in total. The molecule has 12 heteroatoms. The fourth-order valence-corrected chi connectivity index (χ4v) is 3.92. The Bertz CT molecular complexity index is 1310. The standard InChI is InChI=1S/C21H24B3N7O2/c22-21(23,24)31-10-15(8-28-31)14-5-13-6-18(27-9-16(13)26-7-14)30-19(32)17-11-33-20(29-17)12-1-3-25-4-2-12/h5-12,25H,1-4,22-24H2,(H,27,30,32). The number of aromatic nitrogens is 5. The van der Waals surface area contributed by atoms with Crippen molar-refractivity contribution in [2.75, 3.05) is 18.4 Å². The Labute approximate surface area is 194 Å². The van der Waals surface area contributed by atoms with E-state index in [1.165, 1.54) is 6.26 Å². The van der Waals surface area contributed by atoms with E-state index in [9.17, 15) is 4.79 Å². The van der Waals surface area contributed by atoms with Crippen LogP contribution in [-0.4, -0.2) is 67.3 Å². The fourth-order valence-electron chi connectivity index (χ4n) is 3.92. The van der Waals surface area contributed by atoms with Gasteiger partial charge in [-0.25, -0.2) is 9.97 Å². The zero-order valence-corrected chi connectivity index (χ0v) is 19.0. The van der Waals surface area contributed by atoms with Gasteiger partial charge < -0.3 is 15.1 Å². The Morgan fingerprint density at radius 1 is 1.12 bits per heavy atom. The summed E-state index contributed by atoms with van der Waals surface area (Å²) in [7, 11) is 6.31. The molecule has 5 heterocycles. The second kappa shape index (κ2) is 8.51. The molecule has 5 rings (SSSR count). The first-order valence-electron chi connectivity index (χ1n) is 11.2. The monoisotopic (exact) mass is 439 g/mol. The van der Waals surface area contributed by atoms with E-state index in [0.29, 0.717) is 11.7 Å². The van der Waals surface area contributed by atoms with Crippen molar-refractivity contribution in [2.45, 2.75) is 24.0 Å². The number of fused-ring (bicyclic) bond motifs is 1. The van der Waals surface area contributed by atoms with Crippen LogP contribution < -0.4 is 10.6 Å². The molecule has 0 saturated carbocycles. The van der Waals surface area contributed by atoms with Gasteiger partial charge in [0.25, 0.3) is 5.91 Å². The number of nitrogens with one attached hydrogen (secondary N) is 2. The molecule has 4 aromatic rings. The van der Waals surface area contributed by atoms with Crippen LogP contribution in [-0.2, 0) is 5.24 Å². The Balaban J connectivity index is 1.35. The van der Waals surface area contributed by atoms with Crippen LogP contribution in [0.15, 0.2) is 47.6 Å². The molecule has 0 bridgehead atoms. The highest BCUT2D eigenvalue weighted by Crippen LogP contribution is 2.26. The molecule has 4 aromatic heterocycles. The van der Waals surface area contributed by atoms with Crippen molar-refractivity contribution in [3.05, 3.63) is 54.8 Å². The van der Waals surface area contributed by atoms with Crippen molar-refractivity contribution in [1.29, 1.82) is 0 Å². The van der Waals surface area contributed by atoms with Crippen molar-refractivity contribution in [3.63, 3.8) is 0 Å². The highest BCUT2D eigenvalue weighted by molar-refractivity contribution is 6.56. The lowest BCUT2D eigenvalue weighted by molar-refractivity contribution is 0.102. The number of oxazole rings is 1. The number of carbonyl (C=O) groups is 1. The van der Waals surface area contributed by atoms with Crippen LogP contribution in [0.4, 0.5) is 5.82 Å². The Hall–Kier alpha value is -3.40. The highest BCUT2D eigenvalue weighted by atomic mass is 16.3. The maximum atomic E-state index is 12.7. The molecule has 1 aliphatic rings. The maximum Gasteiger partial charge on any atom is 0.278 e. The minimum Gasteiger partial charge on any atom is -0.448 e. The largest absolute Gasteiger partial charge is 0.448 e. The van der Waals surface area contributed by atoms with Gasteiger partial charge >= 0.3 is 0 Å². The normalized spacial score (nSPS) is 15.0. The highest BCUT2D eigenvalue weighted by Gasteiger charge is 2.22. The lowest BCUT2D eigenvalue weighted by Gasteiger charge is -2.19. The summed E-state index contributed by atoms with van der Waals surface area (Å²) < 4.78 is 7.52. The number of hydrogen-bond acceptors (Lipinski definition) is 7. The summed E-state index contributed by atoms with van der Waals surface area (Å²) in [6, 6.07) is 3.83. The van der Waals surface area contributed by atoms with Crippen molar-refractivity contribution in [1.82, 2.24) is 30.0 Å². The zero-order chi connectivity index (χ0) is 23.0. The molecule has 0 aliphatic carbocycles.